The number of piperidine rings is 1. The summed E-state index contributed by atoms with van der Waals surface area (Å²) < 4.78 is 38.4. The van der Waals surface area contributed by atoms with Gasteiger partial charge in [0.1, 0.15) is 0 Å². The van der Waals surface area contributed by atoms with E-state index in [2.05, 4.69) is 5.32 Å². The second kappa shape index (κ2) is 7.40. The number of alkyl halides is 3. The molecule has 0 aromatic heterocycles. The zero-order valence-corrected chi connectivity index (χ0v) is 13.5. The minimum absolute atomic E-state index is 0.0312. The molecule has 2 rings (SSSR count). The molecular formula is C15H17ClF3N3O2. The van der Waals surface area contributed by atoms with E-state index in [1.807, 2.05) is 4.90 Å². The van der Waals surface area contributed by atoms with E-state index < -0.39 is 22.7 Å². The highest BCUT2D eigenvalue weighted by Crippen LogP contribution is 2.36. The van der Waals surface area contributed by atoms with E-state index in [0.29, 0.717) is 25.9 Å². The average molecular weight is 364 g/mol. The summed E-state index contributed by atoms with van der Waals surface area (Å²) in [6.07, 6.45) is -3.45. The number of halogens is 4. The van der Waals surface area contributed by atoms with E-state index in [9.17, 15) is 22.8 Å². The van der Waals surface area contributed by atoms with Crippen LogP contribution < -0.4 is 11.1 Å². The SMILES string of the molecule is NC(=O)C1CCN(CC(=O)Nc2ccc(Cl)c(C(F)(F)F)c2)CC1. The summed E-state index contributed by atoms with van der Waals surface area (Å²) in [5.41, 5.74) is 4.27. The van der Waals surface area contributed by atoms with Crippen molar-refractivity contribution in [3.05, 3.63) is 28.8 Å². The molecule has 1 aliphatic heterocycles. The monoisotopic (exact) mass is 363 g/mol. The van der Waals surface area contributed by atoms with Crippen LogP contribution in [-0.2, 0) is 15.8 Å². The van der Waals surface area contributed by atoms with Crippen LogP contribution in [0, 0.1) is 5.92 Å². The molecule has 0 unspecified atom stereocenters. The van der Waals surface area contributed by atoms with Gasteiger partial charge in [-0.05, 0) is 44.1 Å². The Morgan fingerprint density at radius 1 is 1.29 bits per heavy atom. The van der Waals surface area contributed by atoms with Crippen molar-refractivity contribution in [2.45, 2.75) is 19.0 Å². The van der Waals surface area contributed by atoms with Crippen molar-refractivity contribution in [1.82, 2.24) is 4.90 Å². The summed E-state index contributed by atoms with van der Waals surface area (Å²) in [7, 11) is 0. The molecule has 0 atom stereocenters. The van der Waals surface area contributed by atoms with Gasteiger partial charge in [-0.1, -0.05) is 11.6 Å². The number of anilines is 1. The van der Waals surface area contributed by atoms with Crippen LogP contribution in [0.1, 0.15) is 18.4 Å². The predicted molar refractivity (Wildman–Crippen MR) is 83.4 cm³/mol. The Bertz CT molecular complexity index is 629. The smallest absolute Gasteiger partial charge is 0.369 e. The van der Waals surface area contributed by atoms with Crippen molar-refractivity contribution in [3.8, 4) is 0 Å². The highest BCUT2D eigenvalue weighted by Gasteiger charge is 2.33. The first-order valence-corrected chi connectivity index (χ1v) is 7.73. The maximum Gasteiger partial charge on any atom is 0.417 e. The Morgan fingerprint density at radius 3 is 2.46 bits per heavy atom. The summed E-state index contributed by atoms with van der Waals surface area (Å²) in [4.78, 5) is 24.9. The minimum Gasteiger partial charge on any atom is -0.369 e. The molecule has 1 fully saturated rings. The summed E-state index contributed by atoms with van der Waals surface area (Å²) in [6, 6.07) is 3.21. The molecule has 0 bridgehead atoms. The molecular weight excluding hydrogens is 347 g/mol. The molecule has 9 heteroatoms. The van der Waals surface area contributed by atoms with Gasteiger partial charge in [0.25, 0.3) is 0 Å². The molecule has 1 heterocycles. The molecule has 3 N–H and O–H groups in total. The lowest BCUT2D eigenvalue weighted by atomic mass is 9.96. The first kappa shape index (κ1) is 18.5. The van der Waals surface area contributed by atoms with Crippen LogP contribution in [0.4, 0.5) is 18.9 Å². The third kappa shape index (κ3) is 4.85. The van der Waals surface area contributed by atoms with Gasteiger partial charge in [-0.15, -0.1) is 0 Å². The van der Waals surface area contributed by atoms with Crippen LogP contribution in [-0.4, -0.2) is 36.3 Å². The fourth-order valence-corrected chi connectivity index (χ4v) is 2.82. The molecule has 0 saturated carbocycles. The molecule has 1 aromatic rings. The van der Waals surface area contributed by atoms with Gasteiger partial charge in [-0.3, -0.25) is 14.5 Å². The van der Waals surface area contributed by atoms with E-state index >= 15 is 0 Å². The number of amides is 2. The predicted octanol–water partition coefficient (Wildman–Crippen LogP) is 2.49. The maximum atomic E-state index is 12.8. The Hall–Kier alpha value is -1.80. The van der Waals surface area contributed by atoms with Gasteiger partial charge in [0.15, 0.2) is 0 Å². The lowest BCUT2D eigenvalue weighted by Gasteiger charge is -2.29. The summed E-state index contributed by atoms with van der Waals surface area (Å²) in [5.74, 6) is -0.960. The number of likely N-dealkylation sites (tertiary alicyclic amines) is 1. The van der Waals surface area contributed by atoms with Crippen LogP contribution in [0.5, 0.6) is 0 Å². The molecule has 1 saturated heterocycles. The molecule has 0 spiro atoms. The van der Waals surface area contributed by atoms with Crippen molar-refractivity contribution in [2.75, 3.05) is 25.0 Å². The molecule has 1 aromatic carbocycles. The fraction of sp³-hybridized carbons (Fsp3) is 0.467. The fourth-order valence-electron chi connectivity index (χ4n) is 2.60. The van der Waals surface area contributed by atoms with Gasteiger partial charge in [-0.2, -0.15) is 13.2 Å². The van der Waals surface area contributed by atoms with Gasteiger partial charge in [0.05, 0.1) is 17.1 Å². The number of primary amides is 1. The van der Waals surface area contributed by atoms with Gasteiger partial charge in [0.2, 0.25) is 11.8 Å². The molecule has 24 heavy (non-hydrogen) atoms. The van der Waals surface area contributed by atoms with Crippen molar-refractivity contribution in [1.29, 1.82) is 0 Å². The molecule has 1 aliphatic rings. The summed E-state index contributed by atoms with van der Waals surface area (Å²) in [6.45, 7) is 1.11. The number of carbonyl (C=O) groups is 2. The first-order valence-electron chi connectivity index (χ1n) is 7.35. The van der Waals surface area contributed by atoms with E-state index in [1.54, 1.807) is 0 Å². The lowest BCUT2D eigenvalue weighted by molar-refractivity contribution is -0.137. The molecule has 0 radical (unpaired) electrons. The number of hydrogen-bond donors (Lipinski definition) is 2. The maximum absolute atomic E-state index is 12.8. The lowest BCUT2D eigenvalue weighted by Crippen LogP contribution is -2.42. The average Bonchev–Trinajstić information content (AvgIpc) is 2.48. The summed E-state index contributed by atoms with van der Waals surface area (Å²) in [5, 5.41) is 2.01. The summed E-state index contributed by atoms with van der Waals surface area (Å²) >= 11 is 5.53. The highest BCUT2D eigenvalue weighted by atomic mass is 35.5. The molecule has 5 nitrogen and oxygen atoms in total. The molecule has 2 amide bonds. The second-order valence-corrected chi connectivity index (χ2v) is 6.10. The molecule has 132 valence electrons. The Balaban J connectivity index is 1.93. The number of nitrogens with one attached hydrogen (secondary N) is 1. The largest absolute Gasteiger partial charge is 0.417 e. The van der Waals surface area contributed by atoms with Gasteiger partial charge in [-0.25, -0.2) is 0 Å². The Morgan fingerprint density at radius 2 is 1.92 bits per heavy atom. The Labute approximate surface area is 141 Å². The van der Waals surface area contributed by atoms with Crippen molar-refractivity contribution in [2.24, 2.45) is 11.7 Å². The number of hydrogen-bond acceptors (Lipinski definition) is 3. The number of carbonyl (C=O) groups excluding carboxylic acids is 2. The van der Waals surface area contributed by atoms with E-state index in [1.165, 1.54) is 6.07 Å². The third-order valence-electron chi connectivity index (χ3n) is 3.91. The zero-order valence-electron chi connectivity index (χ0n) is 12.7. The van der Waals surface area contributed by atoms with Crippen molar-refractivity contribution in [3.63, 3.8) is 0 Å². The Kier molecular flexibility index (Phi) is 5.71. The number of benzene rings is 1. The topological polar surface area (TPSA) is 75.4 Å². The van der Waals surface area contributed by atoms with Gasteiger partial charge < -0.3 is 11.1 Å². The number of nitrogens with zero attached hydrogens (tertiary/aromatic N) is 1. The standard InChI is InChI=1S/C15H17ClF3N3O2/c16-12-2-1-10(7-11(12)15(17,18)19)21-13(23)8-22-5-3-9(4-6-22)14(20)24/h1-2,7,9H,3-6,8H2,(H2,20,24)(H,21,23). The zero-order chi connectivity index (χ0) is 17.9. The van der Waals surface area contributed by atoms with Gasteiger partial charge in [0, 0.05) is 11.6 Å². The highest BCUT2D eigenvalue weighted by molar-refractivity contribution is 6.31. The molecule has 0 aliphatic carbocycles. The van der Waals surface area contributed by atoms with Crippen LogP contribution in [0.15, 0.2) is 18.2 Å². The first-order chi connectivity index (χ1) is 11.2. The second-order valence-electron chi connectivity index (χ2n) is 5.69. The van der Waals surface area contributed by atoms with E-state index in [-0.39, 0.29) is 24.1 Å². The number of nitrogens with two attached hydrogens (primary N) is 1. The van der Waals surface area contributed by atoms with Gasteiger partial charge >= 0.3 is 6.18 Å². The van der Waals surface area contributed by atoms with Crippen LogP contribution in [0.3, 0.4) is 0 Å². The number of rotatable bonds is 4. The van der Waals surface area contributed by atoms with Crippen LogP contribution in [0.25, 0.3) is 0 Å². The quantitative estimate of drug-likeness (QED) is 0.863. The normalized spacial score (nSPS) is 16.8. The van der Waals surface area contributed by atoms with Crippen LogP contribution in [0.2, 0.25) is 5.02 Å². The van der Waals surface area contributed by atoms with E-state index in [4.69, 9.17) is 17.3 Å². The van der Waals surface area contributed by atoms with Crippen molar-refractivity contribution >= 4 is 29.1 Å². The van der Waals surface area contributed by atoms with E-state index in [0.717, 1.165) is 12.1 Å². The minimum atomic E-state index is -4.59. The van der Waals surface area contributed by atoms with Crippen molar-refractivity contribution < 1.29 is 22.8 Å². The van der Waals surface area contributed by atoms with Crippen LogP contribution >= 0.6 is 11.6 Å². The third-order valence-corrected chi connectivity index (χ3v) is 4.24.